The minimum absolute atomic E-state index is 0.804. The van der Waals surface area contributed by atoms with E-state index >= 15 is 0 Å². The van der Waals surface area contributed by atoms with Gasteiger partial charge in [0.1, 0.15) is 0 Å². The Kier molecular flexibility index (Phi) is 9.63. The summed E-state index contributed by atoms with van der Waals surface area (Å²) < 4.78 is 1.14. The summed E-state index contributed by atoms with van der Waals surface area (Å²) in [5, 5.41) is 0. The van der Waals surface area contributed by atoms with Crippen molar-refractivity contribution in [2.75, 3.05) is 33.1 Å². The molecule has 0 aromatic heterocycles. The zero-order valence-corrected chi connectivity index (χ0v) is 11.7. The van der Waals surface area contributed by atoms with Gasteiger partial charge in [-0.15, -0.1) is 11.6 Å². The van der Waals surface area contributed by atoms with Gasteiger partial charge < -0.3 is 4.48 Å². The number of quaternary nitrogens is 1. The lowest BCUT2D eigenvalue weighted by atomic mass is 10.1. The lowest BCUT2D eigenvalue weighted by Gasteiger charge is -2.29. The van der Waals surface area contributed by atoms with Crippen LogP contribution in [0, 0.1) is 0 Å². The van der Waals surface area contributed by atoms with E-state index in [4.69, 9.17) is 11.6 Å². The molecule has 92 valence electrons. The Labute approximate surface area is 101 Å². The molecule has 0 spiro atoms. The van der Waals surface area contributed by atoms with Crippen LogP contribution < -0.4 is 0 Å². The Morgan fingerprint density at radius 2 is 1.33 bits per heavy atom. The Morgan fingerprint density at radius 3 is 1.93 bits per heavy atom. The summed E-state index contributed by atoms with van der Waals surface area (Å²) in [5.74, 6) is 0.804. The average molecular weight is 235 g/mol. The third-order valence-electron chi connectivity index (χ3n) is 3.01. The van der Waals surface area contributed by atoms with Crippen LogP contribution in [0.4, 0.5) is 0 Å². The van der Waals surface area contributed by atoms with Crippen LogP contribution in [-0.2, 0) is 0 Å². The molecule has 0 aromatic rings. The molecule has 0 radical (unpaired) electrons. The molecule has 0 fully saturated rings. The number of alkyl halides is 1. The van der Waals surface area contributed by atoms with Gasteiger partial charge in [-0.2, -0.15) is 0 Å². The summed E-state index contributed by atoms with van der Waals surface area (Å²) in [6.45, 7) is 4.80. The minimum atomic E-state index is 0.804. The van der Waals surface area contributed by atoms with Gasteiger partial charge in [0.25, 0.3) is 0 Å². The van der Waals surface area contributed by atoms with Crippen molar-refractivity contribution in [3.8, 4) is 0 Å². The van der Waals surface area contributed by atoms with Crippen LogP contribution >= 0.6 is 11.6 Å². The first-order chi connectivity index (χ1) is 7.12. The normalized spacial score (nSPS) is 12.0. The van der Waals surface area contributed by atoms with Gasteiger partial charge in [0.05, 0.1) is 27.2 Å². The molecule has 1 nitrogen and oxygen atoms in total. The number of nitrogens with zero attached hydrogens (tertiary/aromatic N) is 1. The second-order valence-electron chi connectivity index (χ2n) is 5.19. The summed E-state index contributed by atoms with van der Waals surface area (Å²) >= 11 is 5.72. The summed E-state index contributed by atoms with van der Waals surface area (Å²) in [6.07, 6.45) is 9.52. The van der Waals surface area contributed by atoms with E-state index in [0.29, 0.717) is 0 Å². The Bertz CT molecular complexity index is 134. The Hall–Kier alpha value is 0.250. The molecule has 0 aliphatic carbocycles. The standard InChI is InChI=1S/C13H29ClN/c1-4-5-6-7-8-9-12-15(2,3)13-10-11-14/h4-13H2,1-3H3/q+1. The molecule has 0 saturated carbocycles. The third kappa shape index (κ3) is 10.5. The highest BCUT2D eigenvalue weighted by Gasteiger charge is 2.12. The lowest BCUT2D eigenvalue weighted by molar-refractivity contribution is -0.890. The van der Waals surface area contributed by atoms with E-state index in [2.05, 4.69) is 21.0 Å². The molecule has 0 saturated heterocycles. The number of rotatable bonds is 10. The molecule has 0 aliphatic heterocycles. The van der Waals surface area contributed by atoms with Gasteiger partial charge >= 0.3 is 0 Å². The molecule has 0 aromatic carbocycles. The fourth-order valence-corrected chi connectivity index (χ4v) is 2.04. The van der Waals surface area contributed by atoms with E-state index in [9.17, 15) is 0 Å². The largest absolute Gasteiger partial charge is 0.328 e. The minimum Gasteiger partial charge on any atom is -0.328 e. The van der Waals surface area contributed by atoms with E-state index in [1.807, 2.05) is 0 Å². The Morgan fingerprint density at radius 1 is 0.800 bits per heavy atom. The molecule has 0 bridgehead atoms. The van der Waals surface area contributed by atoms with Gasteiger partial charge in [-0.05, 0) is 12.8 Å². The predicted molar refractivity (Wildman–Crippen MR) is 70.6 cm³/mol. The van der Waals surface area contributed by atoms with Gasteiger partial charge in [0.15, 0.2) is 0 Å². The van der Waals surface area contributed by atoms with Crippen molar-refractivity contribution in [3.05, 3.63) is 0 Å². The van der Waals surface area contributed by atoms with Gasteiger partial charge in [-0.3, -0.25) is 0 Å². The molecule has 15 heavy (non-hydrogen) atoms. The molecule has 0 aliphatic rings. The van der Waals surface area contributed by atoms with Crippen LogP contribution in [-0.4, -0.2) is 37.5 Å². The summed E-state index contributed by atoms with van der Waals surface area (Å²) in [7, 11) is 4.64. The molecular weight excluding hydrogens is 206 g/mol. The van der Waals surface area contributed by atoms with E-state index in [0.717, 1.165) is 16.8 Å². The number of hydrogen-bond acceptors (Lipinski definition) is 0. The fourth-order valence-electron chi connectivity index (χ4n) is 1.92. The first-order valence-electron chi connectivity index (χ1n) is 6.50. The fraction of sp³-hybridized carbons (Fsp3) is 1.00. The maximum atomic E-state index is 5.72. The molecule has 0 unspecified atom stereocenters. The highest BCUT2D eigenvalue weighted by atomic mass is 35.5. The topological polar surface area (TPSA) is 0 Å². The van der Waals surface area contributed by atoms with Crippen LogP contribution in [0.15, 0.2) is 0 Å². The van der Waals surface area contributed by atoms with Crippen LogP contribution in [0.25, 0.3) is 0 Å². The first-order valence-corrected chi connectivity index (χ1v) is 7.04. The van der Waals surface area contributed by atoms with Crippen LogP contribution in [0.1, 0.15) is 51.9 Å². The van der Waals surface area contributed by atoms with Crippen molar-refractivity contribution in [2.24, 2.45) is 0 Å². The van der Waals surface area contributed by atoms with Crippen molar-refractivity contribution < 1.29 is 4.48 Å². The molecule has 0 rings (SSSR count). The summed E-state index contributed by atoms with van der Waals surface area (Å²) in [4.78, 5) is 0. The molecule has 0 heterocycles. The van der Waals surface area contributed by atoms with E-state index in [-0.39, 0.29) is 0 Å². The third-order valence-corrected chi connectivity index (χ3v) is 3.28. The first kappa shape index (κ1) is 15.2. The average Bonchev–Trinajstić information content (AvgIpc) is 2.20. The molecule has 0 atom stereocenters. The second-order valence-corrected chi connectivity index (χ2v) is 5.57. The van der Waals surface area contributed by atoms with Crippen molar-refractivity contribution >= 4 is 11.6 Å². The van der Waals surface area contributed by atoms with Gasteiger partial charge in [-0.25, -0.2) is 0 Å². The van der Waals surface area contributed by atoms with Crippen molar-refractivity contribution in [3.63, 3.8) is 0 Å². The summed E-state index contributed by atoms with van der Waals surface area (Å²) in [6, 6.07) is 0. The van der Waals surface area contributed by atoms with Crippen LogP contribution in [0.5, 0.6) is 0 Å². The van der Waals surface area contributed by atoms with E-state index in [1.165, 1.54) is 51.6 Å². The number of unbranched alkanes of at least 4 members (excludes halogenated alkanes) is 5. The predicted octanol–water partition coefficient (Wildman–Crippen LogP) is 4.05. The summed E-state index contributed by atoms with van der Waals surface area (Å²) in [5.41, 5.74) is 0. The number of hydrogen-bond donors (Lipinski definition) is 0. The van der Waals surface area contributed by atoms with Crippen molar-refractivity contribution in [2.45, 2.75) is 51.9 Å². The maximum Gasteiger partial charge on any atom is 0.0794 e. The second kappa shape index (κ2) is 9.47. The van der Waals surface area contributed by atoms with Gasteiger partial charge in [-0.1, -0.05) is 32.6 Å². The van der Waals surface area contributed by atoms with E-state index in [1.54, 1.807) is 0 Å². The molecular formula is C13H29ClN+. The van der Waals surface area contributed by atoms with Gasteiger partial charge in [0, 0.05) is 12.3 Å². The smallest absolute Gasteiger partial charge is 0.0794 e. The lowest BCUT2D eigenvalue weighted by Crippen LogP contribution is -2.41. The number of halogens is 1. The highest BCUT2D eigenvalue weighted by Crippen LogP contribution is 2.08. The zero-order valence-electron chi connectivity index (χ0n) is 10.9. The van der Waals surface area contributed by atoms with E-state index < -0.39 is 0 Å². The quantitative estimate of drug-likeness (QED) is 0.304. The van der Waals surface area contributed by atoms with Crippen LogP contribution in [0.3, 0.4) is 0 Å². The molecule has 0 amide bonds. The molecule has 0 N–H and O–H groups in total. The maximum absolute atomic E-state index is 5.72. The SMILES string of the molecule is CCCCCCCC[N+](C)(C)CCCCl. The van der Waals surface area contributed by atoms with Crippen molar-refractivity contribution in [1.29, 1.82) is 0 Å². The van der Waals surface area contributed by atoms with Crippen molar-refractivity contribution in [1.82, 2.24) is 0 Å². The highest BCUT2D eigenvalue weighted by molar-refractivity contribution is 6.17. The van der Waals surface area contributed by atoms with Gasteiger partial charge in [0.2, 0.25) is 0 Å². The van der Waals surface area contributed by atoms with Crippen LogP contribution in [0.2, 0.25) is 0 Å². The molecule has 2 heteroatoms. The Balaban J connectivity index is 3.32. The zero-order chi connectivity index (χ0) is 11.6. The monoisotopic (exact) mass is 234 g/mol.